The number of benzene rings is 1. The highest BCUT2D eigenvalue weighted by molar-refractivity contribution is 8.00. The number of thioether (sulfide) groups is 1. The minimum absolute atomic E-state index is 0.109. The van der Waals surface area contributed by atoms with Crippen LogP contribution in [0.2, 0.25) is 0 Å². The topological polar surface area (TPSA) is 93.1 Å². The molecule has 2 N–H and O–H groups in total. The van der Waals surface area contributed by atoms with E-state index in [-0.39, 0.29) is 11.6 Å². The van der Waals surface area contributed by atoms with Gasteiger partial charge in [0.25, 0.3) is 5.56 Å². The van der Waals surface area contributed by atoms with E-state index >= 15 is 0 Å². The van der Waals surface area contributed by atoms with Crippen LogP contribution in [0.5, 0.6) is 0 Å². The molecule has 1 aliphatic carbocycles. The standard InChI is InChI=1S/C21H28N4O3S/c1-3-13-25-19(27)16-11-7-8-12-17(16)23-21(25)29-14(2)18(26)24-20(28)22-15-9-5-4-6-10-15/h7-8,11-12,14-15H,3-6,9-10,13H2,1-2H3,(H2,22,24,26,28)/t14-/m1/s1. The molecule has 0 radical (unpaired) electrons. The van der Waals surface area contributed by atoms with Crippen molar-refractivity contribution in [3.8, 4) is 0 Å². The first-order chi connectivity index (χ1) is 14.0. The van der Waals surface area contributed by atoms with Crippen molar-refractivity contribution in [3.63, 3.8) is 0 Å². The number of hydrogen-bond acceptors (Lipinski definition) is 5. The summed E-state index contributed by atoms with van der Waals surface area (Å²) in [6.07, 6.45) is 6.09. The fourth-order valence-corrected chi connectivity index (χ4v) is 4.49. The lowest BCUT2D eigenvalue weighted by Crippen LogP contribution is -2.47. The van der Waals surface area contributed by atoms with Crippen LogP contribution < -0.4 is 16.2 Å². The summed E-state index contributed by atoms with van der Waals surface area (Å²) in [5.41, 5.74) is 0.498. The number of aromatic nitrogens is 2. The lowest BCUT2D eigenvalue weighted by atomic mass is 9.96. The van der Waals surface area contributed by atoms with E-state index in [2.05, 4.69) is 15.6 Å². The van der Waals surface area contributed by atoms with Crippen LogP contribution in [0, 0.1) is 0 Å². The molecule has 1 heterocycles. The van der Waals surface area contributed by atoms with Gasteiger partial charge in [-0.1, -0.05) is 50.1 Å². The van der Waals surface area contributed by atoms with Crippen LogP contribution in [0.25, 0.3) is 10.9 Å². The molecule has 0 bridgehead atoms. The van der Waals surface area contributed by atoms with E-state index in [1.54, 1.807) is 23.6 Å². The Morgan fingerprint density at radius 1 is 1.24 bits per heavy atom. The third kappa shape index (κ3) is 5.38. The Hall–Kier alpha value is -2.35. The van der Waals surface area contributed by atoms with Crippen molar-refractivity contribution >= 4 is 34.6 Å². The second-order valence-electron chi connectivity index (χ2n) is 7.43. The van der Waals surface area contributed by atoms with Gasteiger partial charge in [0.05, 0.1) is 16.2 Å². The first kappa shape index (κ1) is 21.4. The third-order valence-corrected chi connectivity index (χ3v) is 6.19. The molecule has 1 aromatic carbocycles. The molecule has 0 unspecified atom stereocenters. The summed E-state index contributed by atoms with van der Waals surface area (Å²) in [4.78, 5) is 42.1. The van der Waals surface area contributed by atoms with Gasteiger partial charge in [0.1, 0.15) is 0 Å². The Labute approximate surface area is 174 Å². The maximum atomic E-state index is 12.8. The molecule has 3 amide bonds. The molecule has 0 saturated heterocycles. The van der Waals surface area contributed by atoms with Crippen LogP contribution in [0.3, 0.4) is 0 Å². The minimum Gasteiger partial charge on any atom is -0.335 e. The number of fused-ring (bicyclic) bond motifs is 1. The molecule has 8 heteroatoms. The van der Waals surface area contributed by atoms with E-state index in [4.69, 9.17) is 0 Å². The van der Waals surface area contributed by atoms with Gasteiger partial charge in [0, 0.05) is 12.6 Å². The second-order valence-corrected chi connectivity index (χ2v) is 8.73. The summed E-state index contributed by atoms with van der Waals surface area (Å²) < 4.78 is 1.61. The predicted octanol–water partition coefficient (Wildman–Crippen LogP) is 3.45. The molecule has 1 aromatic heterocycles. The highest BCUT2D eigenvalue weighted by Gasteiger charge is 2.22. The van der Waals surface area contributed by atoms with E-state index in [0.29, 0.717) is 22.6 Å². The number of carbonyl (C=O) groups excluding carboxylic acids is 2. The first-order valence-corrected chi connectivity index (χ1v) is 11.1. The largest absolute Gasteiger partial charge is 0.335 e. The lowest BCUT2D eigenvalue weighted by molar-refractivity contribution is -0.119. The molecule has 1 saturated carbocycles. The number of para-hydroxylation sites is 1. The fraction of sp³-hybridized carbons (Fsp3) is 0.524. The van der Waals surface area contributed by atoms with Crippen LogP contribution in [0.4, 0.5) is 4.79 Å². The van der Waals surface area contributed by atoms with Crippen molar-refractivity contribution in [3.05, 3.63) is 34.6 Å². The predicted molar refractivity (Wildman–Crippen MR) is 115 cm³/mol. The summed E-state index contributed by atoms with van der Waals surface area (Å²) in [7, 11) is 0. The lowest BCUT2D eigenvalue weighted by Gasteiger charge is -2.23. The Bertz CT molecular complexity index is 937. The Morgan fingerprint density at radius 2 is 1.97 bits per heavy atom. The van der Waals surface area contributed by atoms with Crippen LogP contribution in [0.15, 0.2) is 34.2 Å². The van der Waals surface area contributed by atoms with Gasteiger partial charge >= 0.3 is 6.03 Å². The smallest absolute Gasteiger partial charge is 0.321 e. The van der Waals surface area contributed by atoms with Crippen molar-refractivity contribution in [2.24, 2.45) is 0 Å². The van der Waals surface area contributed by atoms with Crippen molar-refractivity contribution in [1.29, 1.82) is 0 Å². The maximum absolute atomic E-state index is 12.8. The summed E-state index contributed by atoms with van der Waals surface area (Å²) in [6.45, 7) is 4.23. The van der Waals surface area contributed by atoms with E-state index in [1.807, 2.05) is 19.1 Å². The van der Waals surface area contributed by atoms with Crippen molar-refractivity contribution in [1.82, 2.24) is 20.2 Å². The molecule has 156 valence electrons. The number of nitrogens with one attached hydrogen (secondary N) is 2. The molecule has 2 aromatic rings. The monoisotopic (exact) mass is 416 g/mol. The average Bonchev–Trinajstić information content (AvgIpc) is 2.71. The molecule has 29 heavy (non-hydrogen) atoms. The highest BCUT2D eigenvalue weighted by Crippen LogP contribution is 2.23. The van der Waals surface area contributed by atoms with Gasteiger partial charge in [-0.2, -0.15) is 0 Å². The SMILES string of the molecule is CCCn1c(S[C@H](C)C(=O)NC(=O)NC2CCCCC2)nc2ccccc2c1=O. The van der Waals surface area contributed by atoms with E-state index < -0.39 is 17.2 Å². The van der Waals surface area contributed by atoms with Crippen molar-refractivity contribution in [2.75, 3.05) is 0 Å². The molecule has 7 nitrogen and oxygen atoms in total. The summed E-state index contributed by atoms with van der Waals surface area (Å²) in [5.74, 6) is -0.395. The van der Waals surface area contributed by atoms with E-state index in [1.165, 1.54) is 18.2 Å². The summed E-state index contributed by atoms with van der Waals surface area (Å²) in [5, 5.41) is 5.80. The number of hydrogen-bond donors (Lipinski definition) is 2. The van der Waals surface area contributed by atoms with E-state index in [9.17, 15) is 14.4 Å². The molecular weight excluding hydrogens is 388 g/mol. The Balaban J connectivity index is 1.70. The normalized spacial score (nSPS) is 15.8. The van der Waals surface area contributed by atoms with Crippen LogP contribution in [-0.2, 0) is 11.3 Å². The van der Waals surface area contributed by atoms with E-state index in [0.717, 1.165) is 32.1 Å². The van der Waals surface area contributed by atoms with Gasteiger partial charge in [-0.25, -0.2) is 9.78 Å². The summed E-state index contributed by atoms with van der Waals surface area (Å²) >= 11 is 1.20. The van der Waals surface area contributed by atoms with Gasteiger partial charge in [0.15, 0.2) is 5.16 Å². The maximum Gasteiger partial charge on any atom is 0.321 e. The molecule has 3 rings (SSSR count). The molecule has 0 aliphatic heterocycles. The van der Waals surface area contributed by atoms with Crippen molar-refractivity contribution in [2.45, 2.75) is 75.4 Å². The zero-order chi connectivity index (χ0) is 20.8. The number of urea groups is 1. The third-order valence-electron chi connectivity index (χ3n) is 5.10. The first-order valence-electron chi connectivity index (χ1n) is 10.3. The Kier molecular flexibility index (Phi) is 7.30. The van der Waals surface area contributed by atoms with Crippen LogP contribution in [0.1, 0.15) is 52.4 Å². The minimum atomic E-state index is -0.566. The van der Waals surface area contributed by atoms with Gasteiger partial charge in [-0.15, -0.1) is 0 Å². The molecule has 0 spiro atoms. The van der Waals surface area contributed by atoms with Gasteiger partial charge in [0.2, 0.25) is 5.91 Å². The molecular formula is C21H28N4O3S. The number of nitrogens with zero attached hydrogens (tertiary/aromatic N) is 2. The van der Waals surface area contributed by atoms with Crippen molar-refractivity contribution < 1.29 is 9.59 Å². The highest BCUT2D eigenvalue weighted by atomic mass is 32.2. The van der Waals surface area contributed by atoms with Crippen LogP contribution in [-0.4, -0.2) is 32.8 Å². The number of carbonyl (C=O) groups is 2. The quantitative estimate of drug-likeness (QED) is 0.556. The van der Waals surface area contributed by atoms with Gasteiger partial charge in [-0.05, 0) is 38.3 Å². The van der Waals surface area contributed by atoms with Gasteiger partial charge in [-0.3, -0.25) is 19.5 Å². The number of amides is 3. The summed E-state index contributed by atoms with van der Waals surface area (Å²) in [6, 6.07) is 6.88. The number of imide groups is 1. The number of rotatable bonds is 6. The molecule has 1 aliphatic rings. The zero-order valence-corrected chi connectivity index (χ0v) is 17.8. The zero-order valence-electron chi connectivity index (χ0n) is 16.9. The van der Waals surface area contributed by atoms with Gasteiger partial charge < -0.3 is 5.32 Å². The average molecular weight is 417 g/mol. The second kappa shape index (κ2) is 9.91. The Morgan fingerprint density at radius 3 is 2.69 bits per heavy atom. The fourth-order valence-electron chi connectivity index (χ4n) is 3.55. The molecule has 1 atom stereocenters. The molecule has 1 fully saturated rings. The van der Waals surface area contributed by atoms with Crippen LogP contribution >= 0.6 is 11.8 Å².